The van der Waals surface area contributed by atoms with Crippen LogP contribution in [-0.2, 0) is 21.5 Å². The number of benzene rings is 3. The summed E-state index contributed by atoms with van der Waals surface area (Å²) in [6, 6.07) is 20.2. The maximum absolute atomic E-state index is 14.1. The third kappa shape index (κ3) is 10.8. The molecule has 0 radical (unpaired) electrons. The van der Waals surface area contributed by atoms with Crippen LogP contribution in [0.15, 0.2) is 81.1 Å². The van der Waals surface area contributed by atoms with Crippen LogP contribution in [0.1, 0.15) is 137 Å². The van der Waals surface area contributed by atoms with Gasteiger partial charge < -0.3 is 25.9 Å². The molecule has 1 spiro atoms. The summed E-state index contributed by atoms with van der Waals surface area (Å²) in [4.78, 5) is 60.0. The number of piperidine rings is 2. The Balaban J connectivity index is 0.000000175. The minimum atomic E-state index is -0.492. The van der Waals surface area contributed by atoms with Gasteiger partial charge in [0.25, 0.3) is 5.56 Å². The third-order valence-electron chi connectivity index (χ3n) is 17.0. The summed E-state index contributed by atoms with van der Waals surface area (Å²) in [5.74, 6) is 1.95. The first-order chi connectivity index (χ1) is 35.6. The van der Waals surface area contributed by atoms with Gasteiger partial charge in [0, 0.05) is 32.3 Å². The zero-order chi connectivity index (χ0) is 50.5. The van der Waals surface area contributed by atoms with Crippen LogP contribution in [0.3, 0.4) is 0 Å². The van der Waals surface area contributed by atoms with Crippen molar-refractivity contribution in [2.75, 3.05) is 46.8 Å². The SMILES string of the molecule is CN/N=C(\C=NC(C(=O)N1CCCC1C(=O)NCc1ccc(-c2scnc2C)cc1)C1CCNCC1)C1CCCCC1.CN1CCC(c2ccc3c(c2)-n2c(nc(=O)c4c(Cl)cccc42)C32CCCCC2)CC1. The van der Waals surface area contributed by atoms with Gasteiger partial charge in [-0.25, -0.2) is 4.98 Å². The molecule has 2 aromatic heterocycles. The smallest absolute Gasteiger partial charge is 0.282 e. The number of nitrogens with one attached hydrogen (secondary N) is 3. The fourth-order valence-electron chi connectivity index (χ4n) is 12.9. The summed E-state index contributed by atoms with van der Waals surface area (Å²) in [5, 5.41) is 12.1. The highest BCUT2D eigenvalue weighted by atomic mass is 35.5. The van der Waals surface area contributed by atoms with Crippen molar-refractivity contribution >= 4 is 57.6 Å². The zero-order valence-corrected chi connectivity index (χ0v) is 44.6. The van der Waals surface area contributed by atoms with Crippen molar-refractivity contribution in [2.45, 2.75) is 140 Å². The monoisotopic (exact) mass is 1020 g/mol. The summed E-state index contributed by atoms with van der Waals surface area (Å²) < 4.78 is 2.27. The molecule has 2 saturated carbocycles. The first-order valence-corrected chi connectivity index (χ1v) is 28.5. The summed E-state index contributed by atoms with van der Waals surface area (Å²) >= 11 is 8.11. The largest absolute Gasteiger partial charge is 0.350 e. The second kappa shape index (κ2) is 23.1. The Hall–Kier alpha value is -5.28. The number of amides is 2. The first kappa shape index (κ1) is 51.2. The van der Waals surface area contributed by atoms with Crippen LogP contribution in [0.2, 0.25) is 5.02 Å². The molecule has 5 fully saturated rings. The lowest BCUT2D eigenvalue weighted by molar-refractivity contribution is -0.140. The normalized spacial score (nSPS) is 21.2. The van der Waals surface area contributed by atoms with Crippen molar-refractivity contribution in [3.63, 3.8) is 0 Å². The van der Waals surface area contributed by atoms with E-state index in [-0.39, 0.29) is 28.7 Å². The highest BCUT2D eigenvalue weighted by Crippen LogP contribution is 2.52. The van der Waals surface area contributed by atoms with Crippen LogP contribution in [0.4, 0.5) is 0 Å². The van der Waals surface area contributed by atoms with Gasteiger partial charge in [0.1, 0.15) is 17.9 Å². The maximum atomic E-state index is 14.1. The Morgan fingerprint density at radius 3 is 2.40 bits per heavy atom. The van der Waals surface area contributed by atoms with Crippen molar-refractivity contribution in [3.05, 3.63) is 110 Å². The molecule has 2 atom stereocenters. The molecule has 73 heavy (non-hydrogen) atoms. The molecule has 2 aliphatic carbocycles. The molecule has 11 rings (SSSR count). The molecular weight excluding hydrogens is 952 g/mol. The molecule has 6 aliphatic rings. The van der Waals surface area contributed by atoms with Crippen LogP contribution in [0, 0.1) is 18.8 Å². The fraction of sp³-hybridized carbons (Fsp3) is 0.534. The molecule has 13 nitrogen and oxygen atoms in total. The summed E-state index contributed by atoms with van der Waals surface area (Å²) in [6.45, 7) is 7.10. The number of hydrogen-bond acceptors (Lipinski definition) is 11. The highest BCUT2D eigenvalue weighted by Gasteiger charge is 2.47. The van der Waals surface area contributed by atoms with Gasteiger partial charge in [-0.15, -0.1) is 11.3 Å². The molecular formula is C58H73ClN10O3S. The van der Waals surface area contributed by atoms with E-state index in [0.29, 0.717) is 41.8 Å². The lowest BCUT2D eigenvalue weighted by Crippen LogP contribution is -2.51. The molecule has 5 aromatic rings. The number of carbonyl (C=O) groups excluding carboxylic acids is 2. The molecule has 6 heterocycles. The molecule has 386 valence electrons. The van der Waals surface area contributed by atoms with E-state index in [0.717, 1.165) is 105 Å². The van der Waals surface area contributed by atoms with Crippen LogP contribution in [-0.4, -0.2) is 107 Å². The second-order valence-corrected chi connectivity index (χ2v) is 22.7. The van der Waals surface area contributed by atoms with E-state index in [1.54, 1.807) is 22.3 Å². The third-order valence-corrected chi connectivity index (χ3v) is 18.2. The number of aromatic nitrogens is 3. The number of halogens is 1. The standard InChI is InChI=1S/C32H45N7O2S.C26H28ClN3O/c1-22-30(42-21-37-22)26-12-10-23(11-13-26)19-36-31(40)28-9-6-18-39(28)32(41)29(25-14-16-34-17-15-25)35-20-27(38-33-2)24-7-4-3-5-8-24;1-29-14-10-17(11-15-29)18-8-9-19-22(16-18)30-21-7-5-6-20(27)23(21)24(31)28-25(30)26(19)12-3-2-4-13-26/h10-13,20-21,24-25,28-29,33-34H,3-9,14-19H2,1-2H3,(H,36,40);5-9,16-17H,2-4,10-15H2,1H3/b35-20?,38-27+;. The van der Waals surface area contributed by atoms with E-state index in [1.807, 2.05) is 50.0 Å². The Morgan fingerprint density at radius 2 is 1.67 bits per heavy atom. The van der Waals surface area contributed by atoms with Gasteiger partial charge in [0.15, 0.2) is 0 Å². The van der Waals surface area contributed by atoms with Crippen molar-refractivity contribution in [2.24, 2.45) is 21.9 Å². The molecule has 0 bridgehead atoms. The van der Waals surface area contributed by atoms with E-state index in [9.17, 15) is 14.4 Å². The quantitative estimate of drug-likeness (QED) is 0.0875. The van der Waals surface area contributed by atoms with Gasteiger partial charge in [-0.2, -0.15) is 10.1 Å². The van der Waals surface area contributed by atoms with E-state index in [4.69, 9.17) is 21.6 Å². The Bertz CT molecular complexity index is 2870. The molecule has 3 saturated heterocycles. The fourth-order valence-corrected chi connectivity index (χ4v) is 13.9. The number of nitrogens with zero attached hydrogens (tertiary/aromatic N) is 7. The molecule has 4 aliphatic heterocycles. The van der Waals surface area contributed by atoms with Crippen molar-refractivity contribution in [1.82, 2.24) is 40.4 Å². The average molecular weight is 1030 g/mol. The maximum Gasteiger partial charge on any atom is 0.282 e. The van der Waals surface area contributed by atoms with E-state index < -0.39 is 12.1 Å². The summed E-state index contributed by atoms with van der Waals surface area (Å²) in [6.07, 6.45) is 19.2. The number of hydrogen-bond donors (Lipinski definition) is 3. The number of fused-ring (bicyclic) bond motifs is 7. The molecule has 3 aromatic carbocycles. The van der Waals surface area contributed by atoms with Crippen LogP contribution < -0.4 is 21.6 Å². The number of carbonyl (C=O) groups is 2. The van der Waals surface area contributed by atoms with Crippen LogP contribution in [0.25, 0.3) is 27.0 Å². The number of aliphatic imine (C=N–C) groups is 1. The highest BCUT2D eigenvalue weighted by molar-refractivity contribution is 7.13. The first-order valence-electron chi connectivity index (χ1n) is 27.2. The molecule has 2 unspecified atom stereocenters. The summed E-state index contributed by atoms with van der Waals surface area (Å²) in [5.41, 5.74) is 13.5. The van der Waals surface area contributed by atoms with E-state index in [1.165, 1.54) is 73.1 Å². The summed E-state index contributed by atoms with van der Waals surface area (Å²) in [7, 11) is 4.02. The zero-order valence-electron chi connectivity index (χ0n) is 43.0. The lowest BCUT2D eigenvalue weighted by atomic mass is 9.69. The van der Waals surface area contributed by atoms with Crippen LogP contribution in [0.5, 0.6) is 0 Å². The predicted molar refractivity (Wildman–Crippen MR) is 295 cm³/mol. The number of thiazole rings is 1. The van der Waals surface area contributed by atoms with E-state index in [2.05, 4.69) is 73.0 Å². The lowest BCUT2D eigenvalue weighted by Gasteiger charge is -2.34. The topological polar surface area (TPSA) is 149 Å². The van der Waals surface area contributed by atoms with Gasteiger partial charge in [-0.1, -0.05) is 92.6 Å². The van der Waals surface area contributed by atoms with Crippen molar-refractivity contribution in [1.29, 1.82) is 0 Å². The van der Waals surface area contributed by atoms with E-state index >= 15 is 0 Å². The number of rotatable bonds is 11. The van der Waals surface area contributed by atoms with Gasteiger partial charge >= 0.3 is 0 Å². The molecule has 3 N–H and O–H groups in total. The number of hydrazone groups is 1. The Morgan fingerprint density at radius 1 is 0.918 bits per heavy atom. The average Bonchev–Trinajstić information content (AvgIpc) is 4.16. The van der Waals surface area contributed by atoms with Gasteiger partial charge in [0.05, 0.1) is 48.8 Å². The molecule has 2 amide bonds. The minimum Gasteiger partial charge on any atom is -0.350 e. The number of likely N-dealkylation sites (tertiary alicyclic amines) is 2. The predicted octanol–water partition coefficient (Wildman–Crippen LogP) is 9.73. The number of aryl methyl sites for hydroxylation is 1. The van der Waals surface area contributed by atoms with Gasteiger partial charge in [0.2, 0.25) is 11.8 Å². The van der Waals surface area contributed by atoms with Gasteiger partial charge in [-0.3, -0.25) is 23.9 Å². The Labute approximate surface area is 439 Å². The molecule has 15 heteroatoms. The van der Waals surface area contributed by atoms with Crippen LogP contribution >= 0.6 is 22.9 Å². The van der Waals surface area contributed by atoms with Gasteiger partial charge in [-0.05, 0) is 157 Å². The minimum absolute atomic E-state index is 0.0208. The van der Waals surface area contributed by atoms with Crippen molar-refractivity contribution in [3.8, 4) is 16.1 Å². The Kier molecular flexibility index (Phi) is 16.2. The van der Waals surface area contributed by atoms with Crippen molar-refractivity contribution < 1.29 is 9.59 Å². The second-order valence-electron chi connectivity index (χ2n) is 21.5.